The van der Waals surface area contributed by atoms with Gasteiger partial charge in [-0.1, -0.05) is 6.07 Å². The van der Waals surface area contributed by atoms with E-state index in [1.54, 1.807) is 12.1 Å². The van der Waals surface area contributed by atoms with Crippen molar-refractivity contribution in [2.75, 3.05) is 13.1 Å². The maximum Gasteiger partial charge on any atom is 0.322 e. The largest absolute Gasteiger partial charge is 0.489 e. The zero-order valence-corrected chi connectivity index (χ0v) is 20.5. The Bertz CT molecular complexity index is 1000. The number of aryl methyl sites for hydroxylation is 1. The highest BCUT2D eigenvalue weighted by Crippen LogP contribution is 2.63. The van der Waals surface area contributed by atoms with Gasteiger partial charge in [-0.2, -0.15) is 4.31 Å². The number of carboxylic acids is 1. The number of sulfonamides is 1. The van der Waals surface area contributed by atoms with Crippen LogP contribution in [0.3, 0.4) is 0 Å². The number of nitrogens with one attached hydrogen (secondary N) is 1. The first-order valence-electron chi connectivity index (χ1n) is 12.1. The molecule has 0 radical (unpaired) electrons. The third-order valence-corrected chi connectivity index (χ3v) is 9.36. The van der Waals surface area contributed by atoms with Gasteiger partial charge in [-0.3, -0.25) is 4.79 Å². The molecule has 1 heterocycles. The molecule has 7 nitrogen and oxygen atoms in total. The van der Waals surface area contributed by atoms with Gasteiger partial charge in [0, 0.05) is 24.4 Å². The molecule has 0 aromatic heterocycles. The molecule has 190 valence electrons. The van der Waals surface area contributed by atoms with E-state index in [0.717, 1.165) is 29.3 Å². The number of unbranched alkanes of at least 4 members (excludes halogenated alkanes) is 1. The standard InChI is InChI=1S/C24H34F2N2O5S/c1-15-8-9-22(34(31,32)28-11-5-7-20(28)23(29)30)21(12-15)33-16(2)6-3-4-10-27-17-13-18-19(14-17)24(18,25)26/h8-9,12,16-20,27H,3-7,10-11,13-14H2,1-2H3,(H,29,30)/t16-,17?,18?,19?,20+/m1/s1. The smallest absolute Gasteiger partial charge is 0.322 e. The van der Waals surface area contributed by atoms with Gasteiger partial charge >= 0.3 is 5.97 Å². The number of alkyl halides is 2. The second-order valence-corrected chi connectivity index (χ2v) is 11.9. The molecule has 3 aliphatic rings. The molecule has 2 N–H and O–H groups in total. The van der Waals surface area contributed by atoms with Crippen LogP contribution in [0, 0.1) is 18.8 Å². The summed E-state index contributed by atoms with van der Waals surface area (Å²) in [6.07, 6.45) is 4.13. The maximum atomic E-state index is 13.3. The minimum Gasteiger partial charge on any atom is -0.489 e. The van der Waals surface area contributed by atoms with Gasteiger partial charge in [0.15, 0.2) is 0 Å². The normalized spacial score (nSPS) is 29.1. The highest BCUT2D eigenvalue weighted by atomic mass is 32.2. The van der Waals surface area contributed by atoms with Crippen LogP contribution in [0.15, 0.2) is 23.1 Å². The van der Waals surface area contributed by atoms with E-state index in [2.05, 4.69) is 5.32 Å². The van der Waals surface area contributed by atoms with Gasteiger partial charge in [0.25, 0.3) is 5.92 Å². The number of halogens is 2. The SMILES string of the molecule is Cc1ccc(S(=O)(=O)N2CCC[C@H]2C(=O)O)c(O[C@H](C)CCCCNC2CC3C(C2)C3(F)F)c1. The molecule has 1 aliphatic heterocycles. The first-order valence-corrected chi connectivity index (χ1v) is 13.6. The lowest BCUT2D eigenvalue weighted by molar-refractivity contribution is -0.140. The predicted molar refractivity (Wildman–Crippen MR) is 123 cm³/mol. The Hall–Kier alpha value is -1.78. The van der Waals surface area contributed by atoms with Crippen LogP contribution in [-0.2, 0) is 14.8 Å². The zero-order chi connectivity index (χ0) is 24.7. The Balaban J connectivity index is 1.28. The average Bonchev–Trinajstić information content (AvgIpc) is 3.23. The molecular formula is C24H34F2N2O5S. The monoisotopic (exact) mass is 500 g/mol. The summed E-state index contributed by atoms with van der Waals surface area (Å²) < 4.78 is 60.2. The molecule has 2 saturated carbocycles. The number of aliphatic carboxylic acids is 1. The van der Waals surface area contributed by atoms with Crippen molar-refractivity contribution in [3.8, 4) is 5.75 Å². The average molecular weight is 501 g/mol. The van der Waals surface area contributed by atoms with Crippen LogP contribution < -0.4 is 10.1 Å². The van der Waals surface area contributed by atoms with Crippen molar-refractivity contribution >= 4 is 16.0 Å². The molecule has 1 aromatic rings. The van der Waals surface area contributed by atoms with E-state index in [9.17, 15) is 27.1 Å². The lowest BCUT2D eigenvalue weighted by Gasteiger charge is -2.24. The zero-order valence-electron chi connectivity index (χ0n) is 19.7. The van der Waals surface area contributed by atoms with Crippen LogP contribution in [0.1, 0.15) is 57.4 Å². The number of fused-ring (bicyclic) bond motifs is 1. The Morgan fingerprint density at radius 3 is 2.68 bits per heavy atom. The van der Waals surface area contributed by atoms with E-state index in [1.807, 2.05) is 13.8 Å². The quantitative estimate of drug-likeness (QED) is 0.449. The molecule has 10 heteroatoms. The molecule has 2 unspecified atom stereocenters. The second kappa shape index (κ2) is 9.70. The van der Waals surface area contributed by atoms with Crippen LogP contribution in [0.4, 0.5) is 8.78 Å². The molecule has 3 fully saturated rings. The van der Waals surface area contributed by atoms with Crippen LogP contribution in [0.5, 0.6) is 5.75 Å². The summed E-state index contributed by atoms with van der Waals surface area (Å²) in [5, 5.41) is 12.8. The fraction of sp³-hybridized carbons (Fsp3) is 0.708. The van der Waals surface area contributed by atoms with Crippen LogP contribution in [-0.4, -0.2) is 61.0 Å². The number of carboxylic acid groups (broad SMARTS) is 1. The molecule has 0 bridgehead atoms. The van der Waals surface area contributed by atoms with Gasteiger partial charge in [-0.05, 0) is 83.0 Å². The number of hydrogen-bond donors (Lipinski definition) is 2. The Kier molecular flexibility index (Phi) is 7.22. The number of benzene rings is 1. The van der Waals surface area contributed by atoms with Gasteiger partial charge in [0.2, 0.25) is 10.0 Å². The molecule has 0 amide bonds. The molecule has 1 saturated heterocycles. The fourth-order valence-corrected chi connectivity index (χ4v) is 7.19. The van der Waals surface area contributed by atoms with Crippen molar-refractivity contribution < 1.29 is 31.8 Å². The van der Waals surface area contributed by atoms with Crippen LogP contribution in [0.25, 0.3) is 0 Å². The number of hydrogen-bond acceptors (Lipinski definition) is 5. The van der Waals surface area contributed by atoms with Gasteiger partial charge in [-0.25, -0.2) is 17.2 Å². The van der Waals surface area contributed by atoms with Gasteiger partial charge < -0.3 is 15.2 Å². The van der Waals surface area contributed by atoms with Crippen LogP contribution >= 0.6 is 0 Å². The Morgan fingerprint density at radius 2 is 2.00 bits per heavy atom. The van der Waals surface area contributed by atoms with E-state index >= 15 is 0 Å². The maximum absolute atomic E-state index is 13.3. The highest BCUT2D eigenvalue weighted by Gasteiger charge is 2.71. The molecule has 4 atom stereocenters. The lowest BCUT2D eigenvalue weighted by atomic mass is 10.1. The molecule has 0 spiro atoms. The summed E-state index contributed by atoms with van der Waals surface area (Å²) in [5.74, 6) is -4.18. The summed E-state index contributed by atoms with van der Waals surface area (Å²) in [6, 6.07) is 3.98. The fourth-order valence-electron chi connectivity index (χ4n) is 5.44. The third-order valence-electron chi connectivity index (χ3n) is 7.42. The first kappa shape index (κ1) is 25.3. The summed E-state index contributed by atoms with van der Waals surface area (Å²) in [4.78, 5) is 11.5. The molecular weight excluding hydrogens is 466 g/mol. The van der Waals surface area contributed by atoms with Crippen LogP contribution in [0.2, 0.25) is 0 Å². The van der Waals surface area contributed by atoms with E-state index in [-0.39, 0.29) is 29.3 Å². The molecule has 34 heavy (non-hydrogen) atoms. The van der Waals surface area contributed by atoms with E-state index in [1.165, 1.54) is 6.07 Å². The van der Waals surface area contributed by atoms with Crippen molar-refractivity contribution in [3.63, 3.8) is 0 Å². The number of carbonyl (C=O) groups is 1. The number of rotatable bonds is 11. The van der Waals surface area contributed by atoms with Gasteiger partial charge in [-0.15, -0.1) is 0 Å². The number of ether oxygens (including phenoxy) is 1. The van der Waals surface area contributed by atoms with Gasteiger partial charge in [0.05, 0.1) is 6.10 Å². The summed E-state index contributed by atoms with van der Waals surface area (Å²) in [6.45, 7) is 4.67. The van der Waals surface area contributed by atoms with E-state index < -0.39 is 39.8 Å². The summed E-state index contributed by atoms with van der Waals surface area (Å²) >= 11 is 0. The van der Waals surface area contributed by atoms with Crippen molar-refractivity contribution in [3.05, 3.63) is 23.8 Å². The van der Waals surface area contributed by atoms with E-state index in [0.29, 0.717) is 32.1 Å². The minimum absolute atomic E-state index is 0.00336. The van der Waals surface area contributed by atoms with E-state index in [4.69, 9.17) is 4.74 Å². The number of nitrogens with zero attached hydrogens (tertiary/aromatic N) is 1. The topological polar surface area (TPSA) is 95.9 Å². The van der Waals surface area contributed by atoms with Crippen molar-refractivity contribution in [1.29, 1.82) is 0 Å². The molecule has 1 aromatic carbocycles. The third kappa shape index (κ3) is 5.09. The highest BCUT2D eigenvalue weighted by molar-refractivity contribution is 7.89. The van der Waals surface area contributed by atoms with Crippen molar-refractivity contribution in [2.24, 2.45) is 11.8 Å². The Labute approximate surface area is 199 Å². The minimum atomic E-state index is -4.01. The predicted octanol–water partition coefficient (Wildman–Crippen LogP) is 3.80. The molecule has 2 aliphatic carbocycles. The summed E-state index contributed by atoms with van der Waals surface area (Å²) in [5.41, 5.74) is 0.849. The second-order valence-electron chi connectivity index (χ2n) is 10.00. The summed E-state index contributed by atoms with van der Waals surface area (Å²) in [7, 11) is -4.01. The van der Waals surface area contributed by atoms with Crippen molar-refractivity contribution in [2.45, 2.75) is 87.8 Å². The lowest BCUT2D eigenvalue weighted by Crippen LogP contribution is -2.40. The van der Waals surface area contributed by atoms with Gasteiger partial charge in [0.1, 0.15) is 16.7 Å². The first-order chi connectivity index (χ1) is 16.0. The molecule has 4 rings (SSSR count). The van der Waals surface area contributed by atoms with Crippen molar-refractivity contribution in [1.82, 2.24) is 9.62 Å². The Morgan fingerprint density at radius 1 is 1.29 bits per heavy atom.